The maximum Gasteiger partial charge on any atom is 0.317 e. The first kappa shape index (κ1) is 13.9. The summed E-state index contributed by atoms with van der Waals surface area (Å²) >= 11 is 0. The third-order valence-corrected chi connectivity index (χ3v) is 3.57. The SMILES string of the molecule is O=C(O)CN(Cc1ccc(F)cc1F)C1CCCC1. The van der Waals surface area contributed by atoms with Gasteiger partial charge in [-0.05, 0) is 18.9 Å². The molecule has 0 radical (unpaired) electrons. The van der Waals surface area contributed by atoms with Gasteiger partial charge in [-0.2, -0.15) is 0 Å². The first-order valence-electron chi connectivity index (χ1n) is 6.46. The summed E-state index contributed by atoms with van der Waals surface area (Å²) in [6.07, 6.45) is 4.03. The standard InChI is InChI=1S/C14H17F2NO2/c15-11-6-5-10(13(16)7-11)8-17(9-14(18)19)12-3-1-2-4-12/h5-7,12H,1-4,8-9H2,(H,18,19). The smallest absolute Gasteiger partial charge is 0.317 e. The Bertz CT molecular complexity index is 459. The number of carboxylic acid groups (broad SMARTS) is 1. The summed E-state index contributed by atoms with van der Waals surface area (Å²) in [6.45, 7) is 0.102. The molecule has 0 amide bonds. The van der Waals surface area contributed by atoms with Crippen molar-refractivity contribution in [2.45, 2.75) is 38.3 Å². The van der Waals surface area contributed by atoms with Gasteiger partial charge in [0.2, 0.25) is 0 Å². The van der Waals surface area contributed by atoms with Crippen molar-refractivity contribution < 1.29 is 18.7 Å². The number of rotatable bonds is 5. The van der Waals surface area contributed by atoms with Gasteiger partial charge in [0.1, 0.15) is 11.6 Å². The zero-order valence-electron chi connectivity index (χ0n) is 10.6. The van der Waals surface area contributed by atoms with Crippen LogP contribution in [0.4, 0.5) is 8.78 Å². The molecule has 1 N–H and O–H groups in total. The number of nitrogens with zero attached hydrogens (tertiary/aromatic N) is 1. The van der Waals surface area contributed by atoms with Crippen LogP contribution in [-0.2, 0) is 11.3 Å². The largest absolute Gasteiger partial charge is 0.480 e. The van der Waals surface area contributed by atoms with Gasteiger partial charge in [-0.25, -0.2) is 8.78 Å². The van der Waals surface area contributed by atoms with Crippen LogP contribution in [0.3, 0.4) is 0 Å². The van der Waals surface area contributed by atoms with Crippen molar-refractivity contribution in [1.82, 2.24) is 4.90 Å². The van der Waals surface area contributed by atoms with E-state index in [1.54, 1.807) is 4.90 Å². The summed E-state index contributed by atoms with van der Waals surface area (Å²) in [5, 5.41) is 8.94. The third kappa shape index (κ3) is 3.73. The van der Waals surface area contributed by atoms with E-state index in [1.807, 2.05) is 0 Å². The normalized spacial score (nSPS) is 16.2. The molecule has 3 nitrogen and oxygen atoms in total. The average molecular weight is 269 g/mol. The van der Waals surface area contributed by atoms with Crippen LogP contribution < -0.4 is 0 Å². The molecular formula is C14H17F2NO2. The van der Waals surface area contributed by atoms with Gasteiger partial charge in [0, 0.05) is 24.2 Å². The fourth-order valence-electron chi connectivity index (χ4n) is 2.63. The molecule has 1 aromatic rings. The molecule has 0 spiro atoms. The summed E-state index contributed by atoms with van der Waals surface area (Å²) in [6, 6.07) is 3.60. The Kier molecular flexibility index (Phi) is 4.47. The lowest BCUT2D eigenvalue weighted by molar-refractivity contribution is -0.139. The van der Waals surface area contributed by atoms with Crippen molar-refractivity contribution in [2.24, 2.45) is 0 Å². The molecule has 0 unspecified atom stereocenters. The minimum Gasteiger partial charge on any atom is -0.480 e. The van der Waals surface area contributed by atoms with E-state index in [2.05, 4.69) is 0 Å². The van der Waals surface area contributed by atoms with E-state index in [9.17, 15) is 13.6 Å². The Balaban J connectivity index is 2.12. The van der Waals surface area contributed by atoms with Crippen LogP contribution in [-0.4, -0.2) is 28.6 Å². The van der Waals surface area contributed by atoms with Crippen molar-refractivity contribution in [3.63, 3.8) is 0 Å². The Morgan fingerprint density at radius 1 is 1.32 bits per heavy atom. The van der Waals surface area contributed by atoms with Gasteiger partial charge in [-0.3, -0.25) is 9.69 Å². The number of halogens is 2. The summed E-state index contributed by atoms with van der Waals surface area (Å²) < 4.78 is 26.5. The van der Waals surface area contributed by atoms with Crippen molar-refractivity contribution >= 4 is 5.97 Å². The monoisotopic (exact) mass is 269 g/mol. The minimum absolute atomic E-state index is 0.110. The Hall–Kier alpha value is -1.49. The Morgan fingerprint density at radius 2 is 2.00 bits per heavy atom. The van der Waals surface area contributed by atoms with E-state index in [0.717, 1.165) is 31.7 Å². The highest BCUT2D eigenvalue weighted by molar-refractivity contribution is 5.69. The maximum absolute atomic E-state index is 13.6. The fraction of sp³-hybridized carbons (Fsp3) is 0.500. The fourth-order valence-corrected chi connectivity index (χ4v) is 2.63. The van der Waals surface area contributed by atoms with Crippen molar-refractivity contribution in [1.29, 1.82) is 0 Å². The quantitative estimate of drug-likeness (QED) is 0.893. The lowest BCUT2D eigenvalue weighted by Crippen LogP contribution is -2.37. The topological polar surface area (TPSA) is 40.5 Å². The van der Waals surface area contributed by atoms with Crippen LogP contribution in [0.15, 0.2) is 18.2 Å². The molecule has 19 heavy (non-hydrogen) atoms. The number of hydrogen-bond donors (Lipinski definition) is 1. The predicted octanol–water partition coefficient (Wildman–Crippen LogP) is 2.79. The van der Waals surface area contributed by atoms with Crippen molar-refractivity contribution in [2.75, 3.05) is 6.54 Å². The van der Waals surface area contributed by atoms with Crippen molar-refractivity contribution in [3.8, 4) is 0 Å². The third-order valence-electron chi connectivity index (χ3n) is 3.57. The zero-order chi connectivity index (χ0) is 13.8. The van der Waals surface area contributed by atoms with E-state index < -0.39 is 17.6 Å². The number of carbonyl (C=O) groups is 1. The van der Waals surface area contributed by atoms with Gasteiger partial charge in [0.15, 0.2) is 0 Å². The maximum atomic E-state index is 13.6. The molecule has 1 aliphatic carbocycles. The average Bonchev–Trinajstić information content (AvgIpc) is 2.84. The molecule has 0 atom stereocenters. The van der Waals surface area contributed by atoms with E-state index in [1.165, 1.54) is 12.1 Å². The summed E-state index contributed by atoms with van der Waals surface area (Å²) in [5.74, 6) is -2.16. The highest BCUT2D eigenvalue weighted by atomic mass is 19.1. The summed E-state index contributed by atoms with van der Waals surface area (Å²) in [4.78, 5) is 12.7. The first-order valence-corrected chi connectivity index (χ1v) is 6.46. The molecule has 0 aliphatic heterocycles. The Morgan fingerprint density at radius 3 is 2.58 bits per heavy atom. The number of aliphatic carboxylic acids is 1. The molecule has 0 saturated heterocycles. The van der Waals surface area contributed by atoms with E-state index in [-0.39, 0.29) is 19.1 Å². The highest BCUT2D eigenvalue weighted by Gasteiger charge is 2.25. The molecule has 0 bridgehead atoms. The van der Waals surface area contributed by atoms with Crippen LogP contribution in [0.5, 0.6) is 0 Å². The van der Waals surface area contributed by atoms with Gasteiger partial charge in [0.05, 0.1) is 6.54 Å². The predicted molar refractivity (Wildman–Crippen MR) is 66.7 cm³/mol. The van der Waals surface area contributed by atoms with E-state index in [0.29, 0.717) is 5.56 Å². The molecule has 0 heterocycles. The van der Waals surface area contributed by atoms with Crippen LogP contribution in [0, 0.1) is 11.6 Å². The lowest BCUT2D eigenvalue weighted by atomic mass is 10.1. The van der Waals surface area contributed by atoms with Gasteiger partial charge < -0.3 is 5.11 Å². The van der Waals surface area contributed by atoms with Gasteiger partial charge >= 0.3 is 5.97 Å². The minimum atomic E-state index is -0.922. The van der Waals surface area contributed by atoms with E-state index >= 15 is 0 Å². The lowest BCUT2D eigenvalue weighted by Gasteiger charge is -2.27. The molecule has 2 rings (SSSR count). The number of hydrogen-bond acceptors (Lipinski definition) is 2. The van der Waals surface area contributed by atoms with Crippen molar-refractivity contribution in [3.05, 3.63) is 35.4 Å². The van der Waals surface area contributed by atoms with Crippen LogP contribution in [0.2, 0.25) is 0 Å². The van der Waals surface area contributed by atoms with Crippen LogP contribution in [0.25, 0.3) is 0 Å². The molecule has 0 aromatic heterocycles. The summed E-state index contributed by atoms with van der Waals surface area (Å²) in [5.41, 5.74) is 0.342. The van der Waals surface area contributed by atoms with Crippen LogP contribution in [0.1, 0.15) is 31.2 Å². The second-order valence-electron chi connectivity index (χ2n) is 4.97. The molecular weight excluding hydrogens is 252 g/mol. The summed E-state index contributed by atoms with van der Waals surface area (Å²) in [7, 11) is 0. The molecule has 1 aliphatic rings. The van der Waals surface area contributed by atoms with Gasteiger partial charge in [0.25, 0.3) is 0 Å². The van der Waals surface area contributed by atoms with Crippen LogP contribution >= 0.6 is 0 Å². The molecule has 5 heteroatoms. The van der Waals surface area contributed by atoms with Gasteiger partial charge in [-0.1, -0.05) is 18.9 Å². The van der Waals surface area contributed by atoms with Gasteiger partial charge in [-0.15, -0.1) is 0 Å². The molecule has 1 aromatic carbocycles. The second-order valence-corrected chi connectivity index (χ2v) is 4.97. The highest BCUT2D eigenvalue weighted by Crippen LogP contribution is 2.25. The number of benzene rings is 1. The first-order chi connectivity index (χ1) is 9.06. The Labute approximate surface area is 110 Å². The van der Waals surface area contributed by atoms with E-state index in [4.69, 9.17) is 5.11 Å². The molecule has 1 fully saturated rings. The molecule has 1 saturated carbocycles. The number of carboxylic acids is 1. The zero-order valence-corrected chi connectivity index (χ0v) is 10.6. The molecule has 104 valence electrons. The second kappa shape index (κ2) is 6.10.